The molecule has 6 heteroatoms. The summed E-state index contributed by atoms with van der Waals surface area (Å²) in [5.41, 5.74) is 2.13. The van der Waals surface area contributed by atoms with Crippen LogP contribution in [0.5, 0.6) is 5.75 Å². The summed E-state index contributed by atoms with van der Waals surface area (Å²) >= 11 is 6.26. The first-order valence-electron chi connectivity index (χ1n) is 7.99. The number of aromatic nitrogens is 1. The number of carbonyl (C=O) groups is 1. The van der Waals surface area contributed by atoms with E-state index in [1.54, 1.807) is 19.2 Å². The Labute approximate surface area is 153 Å². The van der Waals surface area contributed by atoms with Gasteiger partial charge in [-0.3, -0.25) is 4.79 Å². The number of carbonyl (C=O) groups excluding carboxylic acids is 1. The highest BCUT2D eigenvalue weighted by molar-refractivity contribution is 6.32. The number of hydrogen-bond acceptors (Lipinski definition) is 4. The molecule has 4 aromatic rings. The highest BCUT2D eigenvalue weighted by Crippen LogP contribution is 2.31. The van der Waals surface area contributed by atoms with Crippen molar-refractivity contribution in [3.63, 3.8) is 0 Å². The number of aryl methyl sites for hydroxylation is 1. The van der Waals surface area contributed by atoms with Crippen molar-refractivity contribution in [2.75, 3.05) is 6.61 Å². The Bertz CT molecular complexity index is 1210. The normalized spacial score (nSPS) is 11.2. The second kappa shape index (κ2) is 6.35. The fourth-order valence-corrected chi connectivity index (χ4v) is 3.17. The summed E-state index contributed by atoms with van der Waals surface area (Å²) < 4.78 is 10.8. The van der Waals surface area contributed by atoms with Crippen LogP contribution >= 0.6 is 11.6 Å². The van der Waals surface area contributed by atoms with Crippen molar-refractivity contribution in [3.8, 4) is 5.75 Å². The third-order valence-electron chi connectivity index (χ3n) is 4.25. The van der Waals surface area contributed by atoms with Gasteiger partial charge in [0, 0.05) is 40.2 Å². The van der Waals surface area contributed by atoms with Crippen molar-refractivity contribution in [2.45, 2.75) is 6.92 Å². The van der Waals surface area contributed by atoms with Crippen LogP contribution in [-0.2, 0) is 0 Å². The quantitative estimate of drug-likeness (QED) is 0.426. The molecule has 0 saturated carbocycles. The maximum Gasteiger partial charge on any atom is 0.336 e. The van der Waals surface area contributed by atoms with Gasteiger partial charge in [0.15, 0.2) is 6.61 Å². The predicted molar refractivity (Wildman–Crippen MR) is 100 cm³/mol. The SMILES string of the molecule is Cc1cc(=O)oc2cc(OCC(=O)c3c[nH]c4ccccc34)c(Cl)cc12. The van der Waals surface area contributed by atoms with Crippen LogP contribution in [-0.4, -0.2) is 17.4 Å². The molecule has 0 amide bonds. The number of rotatable bonds is 4. The number of nitrogens with one attached hydrogen (secondary N) is 1. The first-order valence-corrected chi connectivity index (χ1v) is 8.37. The molecule has 5 nitrogen and oxygen atoms in total. The predicted octanol–water partition coefficient (Wildman–Crippen LogP) is 4.50. The highest BCUT2D eigenvalue weighted by Gasteiger charge is 2.15. The van der Waals surface area contributed by atoms with Crippen LogP contribution in [0, 0.1) is 6.92 Å². The van der Waals surface area contributed by atoms with E-state index >= 15 is 0 Å². The molecule has 0 spiro atoms. The fourth-order valence-electron chi connectivity index (χ4n) is 2.95. The van der Waals surface area contributed by atoms with Gasteiger partial charge in [-0.2, -0.15) is 0 Å². The van der Waals surface area contributed by atoms with E-state index in [1.807, 2.05) is 24.3 Å². The summed E-state index contributed by atoms with van der Waals surface area (Å²) in [7, 11) is 0. The van der Waals surface area contributed by atoms with Crippen molar-refractivity contribution in [1.82, 2.24) is 4.98 Å². The number of hydrogen-bond donors (Lipinski definition) is 1. The van der Waals surface area contributed by atoms with E-state index in [4.69, 9.17) is 20.8 Å². The standard InChI is InChI=1S/C20H14ClNO4/c1-11-6-20(24)26-18-8-19(15(21)7-13(11)18)25-10-17(23)14-9-22-16-5-3-2-4-12(14)16/h2-9,22H,10H2,1H3. The van der Waals surface area contributed by atoms with E-state index in [0.29, 0.717) is 21.9 Å². The number of H-pyrrole nitrogens is 1. The summed E-state index contributed by atoms with van der Waals surface area (Å²) in [6.45, 7) is 1.62. The van der Waals surface area contributed by atoms with Crippen LogP contribution in [0.15, 0.2) is 57.9 Å². The molecule has 0 saturated heterocycles. The number of ether oxygens (including phenoxy) is 1. The molecular formula is C20H14ClNO4. The van der Waals surface area contributed by atoms with Crippen molar-refractivity contribution < 1.29 is 13.9 Å². The van der Waals surface area contributed by atoms with Crippen molar-refractivity contribution in [1.29, 1.82) is 0 Å². The number of fused-ring (bicyclic) bond motifs is 2. The van der Waals surface area contributed by atoms with Crippen LogP contribution in [0.25, 0.3) is 21.9 Å². The van der Waals surface area contributed by atoms with Gasteiger partial charge in [-0.1, -0.05) is 29.8 Å². The van der Waals surface area contributed by atoms with Crippen molar-refractivity contribution in [2.24, 2.45) is 0 Å². The maximum absolute atomic E-state index is 12.5. The molecule has 1 N–H and O–H groups in total. The van der Waals surface area contributed by atoms with E-state index < -0.39 is 5.63 Å². The van der Waals surface area contributed by atoms with Gasteiger partial charge in [0.1, 0.15) is 11.3 Å². The van der Waals surface area contributed by atoms with Crippen molar-refractivity contribution >= 4 is 39.3 Å². The van der Waals surface area contributed by atoms with Gasteiger partial charge in [-0.15, -0.1) is 0 Å². The third-order valence-corrected chi connectivity index (χ3v) is 4.55. The van der Waals surface area contributed by atoms with Gasteiger partial charge in [0.05, 0.1) is 5.02 Å². The Balaban J connectivity index is 1.62. The lowest BCUT2D eigenvalue weighted by atomic mass is 10.1. The summed E-state index contributed by atoms with van der Waals surface area (Å²) in [5, 5.41) is 1.92. The smallest absolute Gasteiger partial charge is 0.336 e. The highest BCUT2D eigenvalue weighted by atomic mass is 35.5. The lowest BCUT2D eigenvalue weighted by Crippen LogP contribution is -2.11. The molecule has 2 heterocycles. The summed E-state index contributed by atoms with van der Waals surface area (Å²) in [6.07, 6.45) is 1.67. The zero-order chi connectivity index (χ0) is 18.3. The largest absolute Gasteiger partial charge is 0.484 e. The van der Waals surface area contributed by atoms with E-state index in [0.717, 1.165) is 21.9 Å². The molecule has 0 bridgehead atoms. The summed E-state index contributed by atoms with van der Waals surface area (Å²) in [5.74, 6) is 0.116. The van der Waals surface area contributed by atoms with Crippen LogP contribution in [0.3, 0.4) is 0 Å². The van der Waals surface area contributed by atoms with Gasteiger partial charge in [0.2, 0.25) is 5.78 Å². The Hall–Kier alpha value is -3.05. The number of Topliss-reactive ketones (excluding diaryl/α,β-unsaturated/α-hetero) is 1. The Morgan fingerprint density at radius 1 is 1.19 bits per heavy atom. The van der Waals surface area contributed by atoms with E-state index in [1.165, 1.54) is 12.1 Å². The van der Waals surface area contributed by atoms with Gasteiger partial charge in [0.25, 0.3) is 0 Å². The molecule has 2 aromatic heterocycles. The van der Waals surface area contributed by atoms with Crippen molar-refractivity contribution in [3.05, 3.63) is 75.2 Å². The minimum atomic E-state index is -0.446. The van der Waals surface area contributed by atoms with Crippen LogP contribution in [0.2, 0.25) is 5.02 Å². The first kappa shape index (κ1) is 16.4. The van der Waals surface area contributed by atoms with Gasteiger partial charge in [-0.25, -0.2) is 4.79 Å². The molecule has 0 radical (unpaired) electrons. The minimum absolute atomic E-state index is 0.177. The number of para-hydroxylation sites is 1. The zero-order valence-corrected chi connectivity index (χ0v) is 14.6. The van der Waals surface area contributed by atoms with E-state index in [-0.39, 0.29) is 12.4 Å². The first-order chi connectivity index (χ1) is 12.5. The number of halogens is 1. The van der Waals surface area contributed by atoms with Gasteiger partial charge >= 0.3 is 5.63 Å². The summed E-state index contributed by atoms with van der Waals surface area (Å²) in [6, 6.07) is 12.2. The zero-order valence-electron chi connectivity index (χ0n) is 13.8. The molecule has 0 aliphatic rings. The molecule has 0 unspecified atom stereocenters. The maximum atomic E-state index is 12.5. The average Bonchev–Trinajstić information content (AvgIpc) is 3.04. The van der Waals surface area contributed by atoms with Crippen LogP contribution in [0.1, 0.15) is 15.9 Å². The lowest BCUT2D eigenvalue weighted by molar-refractivity contribution is 0.0923. The number of benzene rings is 2. The molecule has 0 atom stereocenters. The lowest BCUT2D eigenvalue weighted by Gasteiger charge is -2.09. The van der Waals surface area contributed by atoms with Crippen LogP contribution < -0.4 is 10.4 Å². The van der Waals surface area contributed by atoms with Crippen LogP contribution in [0.4, 0.5) is 0 Å². The average molecular weight is 368 g/mol. The number of aromatic amines is 1. The topological polar surface area (TPSA) is 72.3 Å². The second-order valence-electron chi connectivity index (χ2n) is 5.99. The Morgan fingerprint density at radius 3 is 2.85 bits per heavy atom. The second-order valence-corrected chi connectivity index (χ2v) is 6.39. The Kier molecular flexibility index (Phi) is 4.01. The monoisotopic (exact) mass is 367 g/mol. The number of ketones is 1. The molecule has 26 heavy (non-hydrogen) atoms. The molecule has 130 valence electrons. The summed E-state index contributed by atoms with van der Waals surface area (Å²) in [4.78, 5) is 27.1. The van der Waals surface area contributed by atoms with E-state index in [2.05, 4.69) is 4.98 Å². The van der Waals surface area contributed by atoms with E-state index in [9.17, 15) is 9.59 Å². The molecule has 0 aliphatic carbocycles. The molecule has 2 aromatic carbocycles. The molecule has 4 rings (SSSR count). The van der Waals surface area contributed by atoms with Gasteiger partial charge < -0.3 is 14.1 Å². The molecular weight excluding hydrogens is 354 g/mol. The minimum Gasteiger partial charge on any atom is -0.484 e. The molecule has 0 fully saturated rings. The molecule has 0 aliphatic heterocycles. The fraction of sp³-hybridized carbons (Fsp3) is 0.100. The third kappa shape index (κ3) is 2.86. The van der Waals surface area contributed by atoms with Gasteiger partial charge in [-0.05, 0) is 24.6 Å². The Morgan fingerprint density at radius 2 is 2.00 bits per heavy atom.